The molecule has 0 spiro atoms. The van der Waals surface area contributed by atoms with E-state index in [1.54, 1.807) is 0 Å². The van der Waals surface area contributed by atoms with Crippen LogP contribution < -0.4 is 0 Å². The lowest BCUT2D eigenvalue weighted by Crippen LogP contribution is -2.49. The molecule has 2 nitrogen and oxygen atoms in total. The highest BCUT2D eigenvalue weighted by Gasteiger charge is 2.39. The van der Waals surface area contributed by atoms with E-state index in [0.29, 0.717) is 12.1 Å². The smallest absolute Gasteiger partial charge is 0.0635 e. The van der Waals surface area contributed by atoms with Gasteiger partial charge < -0.3 is 5.11 Å². The van der Waals surface area contributed by atoms with Crippen molar-refractivity contribution < 1.29 is 5.11 Å². The number of nitrogens with zero attached hydrogens (tertiary/aromatic N) is 1. The third kappa shape index (κ3) is 3.46. The zero-order chi connectivity index (χ0) is 12.6. The van der Waals surface area contributed by atoms with Crippen molar-refractivity contribution in [2.45, 2.75) is 78.5 Å². The van der Waals surface area contributed by atoms with E-state index in [4.69, 9.17) is 0 Å². The fraction of sp³-hybridized carbons (Fsp3) is 1.00. The Morgan fingerprint density at radius 3 is 2.31 bits per heavy atom. The van der Waals surface area contributed by atoms with Gasteiger partial charge in [0.05, 0.1) is 5.60 Å². The number of hydrogen-bond donors (Lipinski definition) is 1. The van der Waals surface area contributed by atoms with Gasteiger partial charge in [-0.05, 0) is 52.0 Å². The van der Waals surface area contributed by atoms with E-state index in [2.05, 4.69) is 39.5 Å². The monoisotopic (exact) mass is 227 g/mol. The molecule has 1 heterocycles. The molecule has 0 aromatic carbocycles. The summed E-state index contributed by atoms with van der Waals surface area (Å²) in [7, 11) is 0. The molecule has 1 fully saturated rings. The summed E-state index contributed by atoms with van der Waals surface area (Å²) >= 11 is 0. The molecule has 0 bridgehead atoms. The van der Waals surface area contributed by atoms with Crippen molar-refractivity contribution in [1.29, 1.82) is 0 Å². The molecule has 1 aliphatic heterocycles. The van der Waals surface area contributed by atoms with E-state index in [1.807, 2.05) is 6.92 Å². The first-order chi connectivity index (χ1) is 7.13. The average molecular weight is 227 g/mol. The minimum atomic E-state index is -0.485. The van der Waals surface area contributed by atoms with Crippen LogP contribution in [0.2, 0.25) is 0 Å². The zero-order valence-electron chi connectivity index (χ0n) is 11.9. The van der Waals surface area contributed by atoms with Crippen LogP contribution in [0.5, 0.6) is 0 Å². The maximum Gasteiger partial charge on any atom is 0.0635 e. The first kappa shape index (κ1) is 14.0. The van der Waals surface area contributed by atoms with Crippen LogP contribution in [0.3, 0.4) is 0 Å². The summed E-state index contributed by atoms with van der Waals surface area (Å²) in [5.74, 6) is 0. The SMILES string of the molecule is CC(C)N1CCCC(C)(O)CC1C(C)(C)C. The van der Waals surface area contributed by atoms with Crippen LogP contribution in [0.4, 0.5) is 0 Å². The van der Waals surface area contributed by atoms with Crippen molar-refractivity contribution in [3.8, 4) is 0 Å². The van der Waals surface area contributed by atoms with Crippen LogP contribution in [0.15, 0.2) is 0 Å². The summed E-state index contributed by atoms with van der Waals surface area (Å²) in [6.45, 7) is 14.5. The fourth-order valence-corrected chi connectivity index (χ4v) is 2.86. The lowest BCUT2D eigenvalue weighted by molar-refractivity contribution is -0.00256. The van der Waals surface area contributed by atoms with Crippen molar-refractivity contribution in [1.82, 2.24) is 4.90 Å². The van der Waals surface area contributed by atoms with Crippen molar-refractivity contribution in [3.05, 3.63) is 0 Å². The molecule has 96 valence electrons. The molecule has 2 heteroatoms. The molecular weight excluding hydrogens is 198 g/mol. The number of likely N-dealkylation sites (tertiary alicyclic amines) is 1. The quantitative estimate of drug-likeness (QED) is 0.744. The predicted molar refractivity (Wildman–Crippen MR) is 69.6 cm³/mol. The van der Waals surface area contributed by atoms with E-state index in [-0.39, 0.29) is 5.41 Å². The standard InChI is InChI=1S/C14H29NO/c1-11(2)15-9-7-8-14(6,16)10-12(15)13(3,4)5/h11-12,16H,7-10H2,1-6H3. The minimum absolute atomic E-state index is 0.235. The molecule has 1 N–H and O–H groups in total. The molecule has 2 atom stereocenters. The highest BCUT2D eigenvalue weighted by Crippen LogP contribution is 2.36. The summed E-state index contributed by atoms with van der Waals surface area (Å²) < 4.78 is 0. The van der Waals surface area contributed by atoms with Crippen molar-refractivity contribution >= 4 is 0 Å². The Hall–Kier alpha value is -0.0800. The molecule has 1 rings (SSSR count). The Labute approximate surface area is 101 Å². The molecule has 2 unspecified atom stereocenters. The van der Waals surface area contributed by atoms with Crippen LogP contribution in [-0.2, 0) is 0 Å². The summed E-state index contributed by atoms with van der Waals surface area (Å²) in [6.07, 6.45) is 2.94. The van der Waals surface area contributed by atoms with Gasteiger partial charge in [-0.2, -0.15) is 0 Å². The third-order valence-electron chi connectivity index (χ3n) is 3.83. The van der Waals surface area contributed by atoms with Gasteiger partial charge in [0.25, 0.3) is 0 Å². The van der Waals surface area contributed by atoms with Crippen molar-refractivity contribution in [2.24, 2.45) is 5.41 Å². The van der Waals surface area contributed by atoms with E-state index >= 15 is 0 Å². The van der Waals surface area contributed by atoms with E-state index < -0.39 is 5.60 Å². The van der Waals surface area contributed by atoms with Crippen LogP contribution >= 0.6 is 0 Å². The van der Waals surface area contributed by atoms with Gasteiger partial charge in [-0.25, -0.2) is 0 Å². The molecule has 0 aromatic rings. The Morgan fingerprint density at radius 1 is 1.31 bits per heavy atom. The summed E-state index contributed by atoms with van der Waals surface area (Å²) in [4.78, 5) is 2.57. The maximum absolute atomic E-state index is 10.4. The molecule has 1 saturated heterocycles. The molecule has 1 aliphatic rings. The van der Waals surface area contributed by atoms with Gasteiger partial charge >= 0.3 is 0 Å². The second kappa shape index (κ2) is 4.66. The number of rotatable bonds is 1. The predicted octanol–water partition coefficient (Wildman–Crippen LogP) is 3.05. The van der Waals surface area contributed by atoms with E-state index in [0.717, 1.165) is 25.8 Å². The second-order valence-electron chi connectivity index (χ2n) is 7.02. The molecule has 16 heavy (non-hydrogen) atoms. The van der Waals surface area contributed by atoms with E-state index in [1.165, 1.54) is 0 Å². The Morgan fingerprint density at radius 2 is 1.88 bits per heavy atom. The Bertz CT molecular complexity index is 227. The fourth-order valence-electron chi connectivity index (χ4n) is 2.86. The Balaban J connectivity index is 2.92. The van der Waals surface area contributed by atoms with Crippen LogP contribution in [0.25, 0.3) is 0 Å². The molecule has 0 amide bonds. The molecular formula is C14H29NO. The lowest BCUT2D eigenvalue weighted by atomic mass is 9.79. The zero-order valence-corrected chi connectivity index (χ0v) is 11.9. The molecule has 0 radical (unpaired) electrons. The van der Waals surface area contributed by atoms with Gasteiger partial charge in [-0.15, -0.1) is 0 Å². The first-order valence-corrected chi connectivity index (χ1v) is 6.61. The van der Waals surface area contributed by atoms with E-state index in [9.17, 15) is 5.11 Å². The highest BCUT2D eigenvalue weighted by atomic mass is 16.3. The largest absolute Gasteiger partial charge is 0.390 e. The van der Waals surface area contributed by atoms with Gasteiger partial charge in [0.15, 0.2) is 0 Å². The molecule has 0 saturated carbocycles. The molecule has 0 aromatic heterocycles. The summed E-state index contributed by atoms with van der Waals surface area (Å²) in [5, 5.41) is 10.4. The van der Waals surface area contributed by atoms with Gasteiger partial charge in [0.2, 0.25) is 0 Å². The maximum atomic E-state index is 10.4. The normalized spacial score (nSPS) is 34.1. The molecule has 0 aliphatic carbocycles. The van der Waals surface area contributed by atoms with Gasteiger partial charge in [0.1, 0.15) is 0 Å². The van der Waals surface area contributed by atoms with Gasteiger partial charge in [-0.3, -0.25) is 4.90 Å². The minimum Gasteiger partial charge on any atom is -0.390 e. The summed E-state index contributed by atoms with van der Waals surface area (Å²) in [6, 6.07) is 1.04. The summed E-state index contributed by atoms with van der Waals surface area (Å²) in [5.41, 5.74) is -0.250. The van der Waals surface area contributed by atoms with Crippen molar-refractivity contribution in [3.63, 3.8) is 0 Å². The first-order valence-electron chi connectivity index (χ1n) is 6.61. The van der Waals surface area contributed by atoms with Gasteiger partial charge in [-0.1, -0.05) is 20.8 Å². The highest BCUT2D eigenvalue weighted by molar-refractivity contribution is 4.93. The van der Waals surface area contributed by atoms with Crippen LogP contribution in [0, 0.1) is 5.41 Å². The lowest BCUT2D eigenvalue weighted by Gasteiger charge is -2.43. The number of aliphatic hydroxyl groups is 1. The second-order valence-corrected chi connectivity index (χ2v) is 7.02. The Kier molecular flexibility index (Phi) is 4.07. The van der Waals surface area contributed by atoms with Crippen LogP contribution in [0.1, 0.15) is 60.8 Å². The van der Waals surface area contributed by atoms with Gasteiger partial charge in [0, 0.05) is 12.1 Å². The third-order valence-corrected chi connectivity index (χ3v) is 3.83. The topological polar surface area (TPSA) is 23.5 Å². The average Bonchev–Trinajstić information content (AvgIpc) is 2.22. The van der Waals surface area contributed by atoms with Crippen molar-refractivity contribution in [2.75, 3.05) is 6.54 Å². The van der Waals surface area contributed by atoms with Crippen LogP contribution in [-0.4, -0.2) is 34.2 Å². The number of hydrogen-bond acceptors (Lipinski definition) is 2.